The first kappa shape index (κ1) is 11.6. The average Bonchev–Trinajstić information content (AvgIpc) is 2.29. The molecule has 5 heteroatoms. The molecule has 16 heavy (non-hydrogen) atoms. The Labute approximate surface area is 101 Å². The zero-order valence-corrected chi connectivity index (χ0v) is 10.3. The number of rotatable bonds is 2. The number of aromatic nitrogens is 2. The Balaban J connectivity index is 2.11. The highest BCUT2D eigenvalue weighted by Gasteiger charge is 2.26. The third-order valence-corrected chi connectivity index (χ3v) is 3.29. The summed E-state index contributed by atoms with van der Waals surface area (Å²) < 4.78 is 5.46. The summed E-state index contributed by atoms with van der Waals surface area (Å²) in [6.45, 7) is 4.05. The Morgan fingerprint density at radius 3 is 3.00 bits per heavy atom. The number of nitrogens with zero attached hydrogens (tertiary/aromatic N) is 3. The number of ether oxygens (including phenoxy) is 1. The Kier molecular flexibility index (Phi) is 3.61. The van der Waals surface area contributed by atoms with Crippen LogP contribution in [0.3, 0.4) is 0 Å². The van der Waals surface area contributed by atoms with Crippen LogP contribution in [0, 0.1) is 5.92 Å². The van der Waals surface area contributed by atoms with Gasteiger partial charge in [-0.25, -0.2) is 4.98 Å². The molecule has 0 amide bonds. The van der Waals surface area contributed by atoms with Gasteiger partial charge in [-0.15, -0.1) is 0 Å². The molecule has 0 radical (unpaired) electrons. The Hall–Kier alpha value is -0.870. The van der Waals surface area contributed by atoms with Crippen LogP contribution in [0.1, 0.15) is 13.3 Å². The van der Waals surface area contributed by atoms with E-state index in [1.807, 2.05) is 0 Å². The highest BCUT2D eigenvalue weighted by Crippen LogP contribution is 2.23. The van der Waals surface area contributed by atoms with E-state index in [0.717, 1.165) is 25.3 Å². The van der Waals surface area contributed by atoms with E-state index in [9.17, 15) is 0 Å². The molecular weight excluding hydrogens is 226 g/mol. The first-order chi connectivity index (χ1) is 7.70. The van der Waals surface area contributed by atoms with E-state index >= 15 is 0 Å². The Bertz CT molecular complexity index is 361. The van der Waals surface area contributed by atoms with Crippen LogP contribution < -0.4 is 4.90 Å². The first-order valence-corrected chi connectivity index (χ1v) is 5.84. The van der Waals surface area contributed by atoms with Crippen LogP contribution in [0.4, 0.5) is 5.82 Å². The van der Waals surface area contributed by atoms with Crippen LogP contribution in [0.5, 0.6) is 0 Å². The molecule has 2 rings (SSSR count). The summed E-state index contributed by atoms with van der Waals surface area (Å²) in [6.07, 6.45) is 4.65. The predicted molar refractivity (Wildman–Crippen MR) is 63.8 cm³/mol. The van der Waals surface area contributed by atoms with Crippen molar-refractivity contribution in [2.75, 3.05) is 25.1 Å². The summed E-state index contributed by atoms with van der Waals surface area (Å²) in [6, 6.07) is 0. The van der Waals surface area contributed by atoms with Gasteiger partial charge in [-0.1, -0.05) is 18.5 Å². The van der Waals surface area contributed by atoms with Gasteiger partial charge in [-0.2, -0.15) is 0 Å². The lowest BCUT2D eigenvalue weighted by atomic mass is 9.96. The molecule has 2 unspecified atom stereocenters. The number of halogens is 1. The normalized spacial score (nSPS) is 25.8. The maximum Gasteiger partial charge on any atom is 0.149 e. The molecule has 1 aliphatic heterocycles. The van der Waals surface area contributed by atoms with E-state index in [1.165, 1.54) is 0 Å². The molecule has 0 bridgehead atoms. The van der Waals surface area contributed by atoms with Crippen molar-refractivity contribution < 1.29 is 4.74 Å². The number of methoxy groups -OCH3 is 1. The summed E-state index contributed by atoms with van der Waals surface area (Å²) in [5.41, 5.74) is 0. The van der Waals surface area contributed by atoms with Crippen LogP contribution in [-0.2, 0) is 4.74 Å². The SMILES string of the molecule is COC1CN(c2cncc(Cl)n2)CCC1C. The van der Waals surface area contributed by atoms with Gasteiger partial charge in [0.1, 0.15) is 11.0 Å². The van der Waals surface area contributed by atoms with Crippen molar-refractivity contribution in [3.8, 4) is 0 Å². The molecule has 88 valence electrons. The summed E-state index contributed by atoms with van der Waals surface area (Å²) in [5.74, 6) is 1.43. The highest BCUT2D eigenvalue weighted by atomic mass is 35.5. The zero-order valence-electron chi connectivity index (χ0n) is 9.56. The van der Waals surface area contributed by atoms with Gasteiger partial charge in [0.25, 0.3) is 0 Å². The molecule has 1 aromatic rings. The molecule has 1 saturated heterocycles. The molecule has 1 aliphatic rings. The smallest absolute Gasteiger partial charge is 0.149 e. The standard InChI is InChI=1S/C11H16ClN3O/c1-8-3-4-15(7-9(8)16-2)11-6-13-5-10(12)14-11/h5-6,8-9H,3-4,7H2,1-2H3. The summed E-state index contributed by atoms with van der Waals surface area (Å²) in [4.78, 5) is 10.5. The summed E-state index contributed by atoms with van der Waals surface area (Å²) >= 11 is 5.83. The minimum Gasteiger partial charge on any atom is -0.379 e. The number of anilines is 1. The summed E-state index contributed by atoms with van der Waals surface area (Å²) in [5, 5.41) is 0.435. The first-order valence-electron chi connectivity index (χ1n) is 5.46. The van der Waals surface area contributed by atoms with E-state index in [1.54, 1.807) is 19.5 Å². The van der Waals surface area contributed by atoms with E-state index in [0.29, 0.717) is 11.1 Å². The topological polar surface area (TPSA) is 38.2 Å². The van der Waals surface area contributed by atoms with Crippen LogP contribution >= 0.6 is 11.6 Å². The van der Waals surface area contributed by atoms with Crippen LogP contribution in [0.2, 0.25) is 5.15 Å². The van der Waals surface area contributed by atoms with Crippen molar-refractivity contribution in [2.24, 2.45) is 5.92 Å². The third kappa shape index (κ3) is 2.44. The number of hydrogen-bond donors (Lipinski definition) is 0. The van der Waals surface area contributed by atoms with E-state index < -0.39 is 0 Å². The zero-order chi connectivity index (χ0) is 11.5. The molecule has 0 N–H and O–H groups in total. The predicted octanol–water partition coefficient (Wildman–Crippen LogP) is 1.99. The molecule has 0 aliphatic carbocycles. The van der Waals surface area contributed by atoms with Gasteiger partial charge in [0.2, 0.25) is 0 Å². The minimum atomic E-state index is 0.259. The molecule has 1 fully saturated rings. The largest absolute Gasteiger partial charge is 0.379 e. The van der Waals surface area contributed by atoms with Crippen molar-refractivity contribution in [3.05, 3.63) is 17.5 Å². The van der Waals surface area contributed by atoms with Crippen molar-refractivity contribution in [1.82, 2.24) is 9.97 Å². The highest BCUT2D eigenvalue weighted by molar-refractivity contribution is 6.29. The van der Waals surface area contributed by atoms with Gasteiger partial charge in [-0.05, 0) is 12.3 Å². The van der Waals surface area contributed by atoms with Crippen LogP contribution in [0.25, 0.3) is 0 Å². The molecular formula is C11H16ClN3O. The second-order valence-electron chi connectivity index (χ2n) is 4.19. The van der Waals surface area contributed by atoms with Crippen molar-refractivity contribution in [1.29, 1.82) is 0 Å². The number of hydrogen-bond acceptors (Lipinski definition) is 4. The molecule has 0 aromatic carbocycles. The maximum absolute atomic E-state index is 5.83. The molecule has 1 aromatic heterocycles. The molecule has 0 saturated carbocycles. The fraction of sp³-hybridized carbons (Fsp3) is 0.636. The lowest BCUT2D eigenvalue weighted by molar-refractivity contribution is 0.0496. The van der Waals surface area contributed by atoms with E-state index in [4.69, 9.17) is 16.3 Å². The molecule has 0 spiro atoms. The quantitative estimate of drug-likeness (QED) is 0.794. The molecule has 2 heterocycles. The fourth-order valence-corrected chi connectivity index (χ4v) is 2.18. The van der Waals surface area contributed by atoms with Crippen molar-refractivity contribution in [3.63, 3.8) is 0 Å². The second kappa shape index (κ2) is 4.97. The fourth-order valence-electron chi connectivity index (χ4n) is 2.03. The number of piperidine rings is 1. The van der Waals surface area contributed by atoms with Gasteiger partial charge in [0.15, 0.2) is 0 Å². The third-order valence-electron chi connectivity index (χ3n) is 3.11. The molecule has 2 atom stereocenters. The lowest BCUT2D eigenvalue weighted by Crippen LogP contribution is -2.44. The second-order valence-corrected chi connectivity index (χ2v) is 4.57. The van der Waals surface area contributed by atoms with E-state index in [2.05, 4.69) is 21.8 Å². The minimum absolute atomic E-state index is 0.259. The van der Waals surface area contributed by atoms with Crippen LogP contribution in [-0.4, -0.2) is 36.3 Å². The van der Waals surface area contributed by atoms with Crippen LogP contribution in [0.15, 0.2) is 12.4 Å². The average molecular weight is 242 g/mol. The molecule has 4 nitrogen and oxygen atoms in total. The van der Waals surface area contributed by atoms with Crippen molar-refractivity contribution in [2.45, 2.75) is 19.4 Å². The monoisotopic (exact) mass is 241 g/mol. The van der Waals surface area contributed by atoms with Gasteiger partial charge in [0.05, 0.1) is 18.5 Å². The van der Waals surface area contributed by atoms with Gasteiger partial charge in [-0.3, -0.25) is 4.98 Å². The Morgan fingerprint density at radius 1 is 1.50 bits per heavy atom. The maximum atomic E-state index is 5.83. The Morgan fingerprint density at radius 2 is 2.31 bits per heavy atom. The van der Waals surface area contributed by atoms with Gasteiger partial charge >= 0.3 is 0 Å². The van der Waals surface area contributed by atoms with Gasteiger partial charge < -0.3 is 9.64 Å². The summed E-state index contributed by atoms with van der Waals surface area (Å²) in [7, 11) is 1.76. The van der Waals surface area contributed by atoms with Crippen molar-refractivity contribution >= 4 is 17.4 Å². The van der Waals surface area contributed by atoms with Gasteiger partial charge in [0, 0.05) is 20.2 Å². The lowest BCUT2D eigenvalue weighted by Gasteiger charge is -2.36. The van der Waals surface area contributed by atoms with E-state index in [-0.39, 0.29) is 6.10 Å².